The summed E-state index contributed by atoms with van der Waals surface area (Å²) in [5, 5.41) is 43.8. The van der Waals surface area contributed by atoms with E-state index in [-0.39, 0.29) is 38.1 Å². The molecule has 4 rings (SSSR count). The number of rotatable bonds is 19. The van der Waals surface area contributed by atoms with Gasteiger partial charge in [0.15, 0.2) is 0 Å². The van der Waals surface area contributed by atoms with Crippen LogP contribution in [0.25, 0.3) is 11.1 Å². The molecule has 0 unspecified atom stereocenters. The number of aliphatic carboxylic acids is 2. The highest BCUT2D eigenvalue weighted by Gasteiger charge is 2.33. The van der Waals surface area contributed by atoms with E-state index in [4.69, 9.17) is 18.9 Å². The number of aliphatic hydroxyl groups is 2. The van der Waals surface area contributed by atoms with Crippen LogP contribution < -0.4 is 29.6 Å². The fourth-order valence-electron chi connectivity index (χ4n) is 5.33. The van der Waals surface area contributed by atoms with Crippen LogP contribution in [-0.2, 0) is 35.9 Å². The molecule has 2 atom stereocenters. The summed E-state index contributed by atoms with van der Waals surface area (Å²) < 4.78 is 24.3. The maximum atomic E-state index is 11.6. The number of halogens is 2. The van der Waals surface area contributed by atoms with Crippen molar-refractivity contribution in [3.05, 3.63) is 90.9 Å². The van der Waals surface area contributed by atoms with Crippen molar-refractivity contribution in [2.75, 3.05) is 27.4 Å². The van der Waals surface area contributed by atoms with Gasteiger partial charge >= 0.3 is 11.9 Å². The number of benzene rings is 2. The second-order valence-electron chi connectivity index (χ2n) is 12.9. The van der Waals surface area contributed by atoms with E-state index >= 15 is 0 Å². The van der Waals surface area contributed by atoms with Gasteiger partial charge in [0.2, 0.25) is 23.5 Å². The number of nitrogens with zero attached hydrogens (tertiary/aromatic N) is 2. The summed E-state index contributed by atoms with van der Waals surface area (Å²) >= 11 is 7.03. The molecule has 0 amide bonds. The standard InChI is InChI=1S/C38H44Br2N4O10/c1-21-23(17-53-33-29(39)13-25(31(43-33)51-5)15-41-37(3,19-45)35(47)48)9-7-11-27(21)28-12-8-10-24(22(28)2)18-54-34-30(40)14-26(32(44-34)52-6)16-42-38(4,20-46)36(49)50/h7-14,41-42,45-46H,15-20H2,1-6H3,(H,47,48)(H,49,50)/t37-,38-/m0/s1. The van der Waals surface area contributed by atoms with Crippen LogP contribution in [0.2, 0.25) is 0 Å². The Morgan fingerprint density at radius 2 is 1.04 bits per heavy atom. The quantitative estimate of drug-likeness (QED) is 0.0708. The van der Waals surface area contributed by atoms with Crippen molar-refractivity contribution < 1.29 is 49.0 Å². The van der Waals surface area contributed by atoms with Crippen molar-refractivity contribution in [3.8, 4) is 34.6 Å². The zero-order valence-electron chi connectivity index (χ0n) is 30.8. The summed E-state index contributed by atoms with van der Waals surface area (Å²) in [4.78, 5) is 32.2. The molecule has 14 nitrogen and oxygen atoms in total. The highest BCUT2D eigenvalue weighted by molar-refractivity contribution is 9.10. The fraction of sp³-hybridized carbons (Fsp3) is 0.368. The number of pyridine rings is 2. The summed E-state index contributed by atoms with van der Waals surface area (Å²) in [5.74, 6) is -1.27. The first-order valence-corrected chi connectivity index (χ1v) is 18.3. The molecule has 2 heterocycles. The minimum Gasteiger partial charge on any atom is -0.481 e. The Morgan fingerprint density at radius 1 is 0.667 bits per heavy atom. The van der Waals surface area contributed by atoms with Crippen molar-refractivity contribution in [1.29, 1.82) is 0 Å². The number of nitrogens with one attached hydrogen (secondary N) is 2. The molecule has 0 bridgehead atoms. The second kappa shape index (κ2) is 18.3. The van der Waals surface area contributed by atoms with Crippen LogP contribution in [0.15, 0.2) is 57.5 Å². The Morgan fingerprint density at radius 3 is 1.35 bits per heavy atom. The normalized spacial score (nSPS) is 13.4. The lowest BCUT2D eigenvalue weighted by molar-refractivity contribution is -0.146. The monoisotopic (exact) mass is 874 g/mol. The number of aliphatic hydroxyl groups excluding tert-OH is 2. The predicted octanol–water partition coefficient (Wildman–Crippen LogP) is 5.31. The van der Waals surface area contributed by atoms with E-state index in [1.165, 1.54) is 28.1 Å². The third kappa shape index (κ3) is 9.67. The highest BCUT2D eigenvalue weighted by Crippen LogP contribution is 2.35. The lowest BCUT2D eigenvalue weighted by Crippen LogP contribution is -2.52. The molecule has 0 spiro atoms. The minimum absolute atomic E-state index is 0.0802. The first-order valence-electron chi connectivity index (χ1n) is 16.7. The van der Waals surface area contributed by atoms with Crippen molar-refractivity contribution in [3.63, 3.8) is 0 Å². The Balaban J connectivity index is 1.50. The molecule has 0 radical (unpaired) electrons. The minimum atomic E-state index is -1.54. The van der Waals surface area contributed by atoms with E-state index in [1.54, 1.807) is 12.1 Å². The average Bonchev–Trinajstić information content (AvgIpc) is 3.15. The SMILES string of the molecule is COc1nc(OCc2cccc(-c3cccc(COc4nc(OC)c(CN[C@@](C)(CO)C(=O)O)cc4Br)c3C)c2C)c(Br)cc1CN[C@@](C)(CO)C(=O)O. The average molecular weight is 877 g/mol. The summed E-state index contributed by atoms with van der Waals surface area (Å²) in [6, 6.07) is 15.5. The first-order chi connectivity index (χ1) is 25.6. The van der Waals surface area contributed by atoms with Crippen LogP contribution in [0.3, 0.4) is 0 Å². The van der Waals surface area contributed by atoms with E-state index < -0.39 is 36.2 Å². The molecule has 16 heteroatoms. The lowest BCUT2D eigenvalue weighted by atomic mass is 9.92. The largest absolute Gasteiger partial charge is 0.481 e. The van der Waals surface area contributed by atoms with Crippen LogP contribution in [0.5, 0.6) is 23.5 Å². The fourth-order valence-corrected chi connectivity index (χ4v) is 6.29. The van der Waals surface area contributed by atoms with E-state index in [0.29, 0.717) is 31.8 Å². The molecule has 290 valence electrons. The smallest absolute Gasteiger partial charge is 0.326 e. The van der Waals surface area contributed by atoms with Crippen LogP contribution in [0, 0.1) is 13.8 Å². The van der Waals surface area contributed by atoms with Gasteiger partial charge in [-0.2, -0.15) is 9.97 Å². The summed E-state index contributed by atoms with van der Waals surface area (Å²) in [6.45, 7) is 6.22. The molecule has 2 aromatic carbocycles. The molecule has 2 aromatic heterocycles. The van der Waals surface area contributed by atoms with Gasteiger partial charge in [-0.25, -0.2) is 0 Å². The molecule has 6 N–H and O–H groups in total. The number of carboxylic acids is 2. The van der Waals surface area contributed by atoms with E-state index in [0.717, 1.165) is 33.4 Å². The maximum Gasteiger partial charge on any atom is 0.326 e. The molecular formula is C38H44Br2N4O10. The summed E-state index contributed by atoms with van der Waals surface area (Å²) in [6.07, 6.45) is 0. The molecule has 0 fully saturated rings. The molecule has 0 aliphatic carbocycles. The summed E-state index contributed by atoms with van der Waals surface area (Å²) in [5.41, 5.74) is 4.00. The number of methoxy groups -OCH3 is 2. The highest BCUT2D eigenvalue weighted by atomic mass is 79.9. The van der Waals surface area contributed by atoms with Gasteiger partial charge in [-0.05, 0) is 105 Å². The van der Waals surface area contributed by atoms with Crippen LogP contribution in [0.4, 0.5) is 0 Å². The van der Waals surface area contributed by atoms with Crippen molar-refractivity contribution in [1.82, 2.24) is 20.6 Å². The van der Waals surface area contributed by atoms with Gasteiger partial charge in [0.1, 0.15) is 24.3 Å². The third-order valence-corrected chi connectivity index (χ3v) is 10.3. The third-order valence-electron chi connectivity index (χ3n) is 9.18. The molecule has 0 aliphatic heterocycles. The zero-order chi connectivity index (χ0) is 39.8. The number of carbonyl (C=O) groups is 2. The van der Waals surface area contributed by atoms with Crippen LogP contribution >= 0.6 is 31.9 Å². The maximum absolute atomic E-state index is 11.6. The van der Waals surface area contributed by atoms with Gasteiger partial charge in [0.05, 0.1) is 36.4 Å². The summed E-state index contributed by atoms with van der Waals surface area (Å²) in [7, 11) is 2.92. The van der Waals surface area contributed by atoms with Gasteiger partial charge in [0.25, 0.3) is 0 Å². The molecule has 54 heavy (non-hydrogen) atoms. The van der Waals surface area contributed by atoms with Crippen molar-refractivity contribution >= 4 is 43.8 Å². The molecule has 0 saturated heterocycles. The van der Waals surface area contributed by atoms with Gasteiger partial charge in [-0.3, -0.25) is 20.2 Å². The number of ether oxygens (including phenoxy) is 4. The van der Waals surface area contributed by atoms with Crippen molar-refractivity contribution in [2.45, 2.75) is 65.1 Å². The zero-order valence-corrected chi connectivity index (χ0v) is 33.9. The van der Waals surface area contributed by atoms with Gasteiger partial charge < -0.3 is 39.4 Å². The number of hydrogen-bond acceptors (Lipinski definition) is 12. The first kappa shape index (κ1) is 42.4. The Hall–Kier alpha value is -4.32. The molecular weight excluding hydrogens is 832 g/mol. The Labute approximate surface area is 330 Å². The number of carboxylic acid groups (broad SMARTS) is 2. The Bertz CT molecular complexity index is 1860. The van der Waals surface area contributed by atoms with E-state index in [9.17, 15) is 30.0 Å². The van der Waals surface area contributed by atoms with E-state index in [1.807, 2.05) is 50.2 Å². The van der Waals surface area contributed by atoms with Gasteiger partial charge in [0, 0.05) is 24.2 Å². The van der Waals surface area contributed by atoms with Crippen LogP contribution in [0.1, 0.15) is 47.2 Å². The molecule has 4 aromatic rings. The predicted molar refractivity (Wildman–Crippen MR) is 207 cm³/mol. The molecule has 0 saturated carbocycles. The van der Waals surface area contributed by atoms with Gasteiger partial charge in [-0.1, -0.05) is 36.4 Å². The second-order valence-corrected chi connectivity index (χ2v) is 14.7. The number of aromatic nitrogens is 2. The number of hydrogen-bond donors (Lipinski definition) is 6. The van der Waals surface area contributed by atoms with Gasteiger partial charge in [-0.15, -0.1) is 0 Å². The molecule has 0 aliphatic rings. The topological polar surface area (TPSA) is 202 Å². The Kier molecular flexibility index (Phi) is 14.4. The lowest BCUT2D eigenvalue weighted by Gasteiger charge is -2.24. The van der Waals surface area contributed by atoms with Crippen LogP contribution in [-0.4, -0.2) is 80.8 Å². The van der Waals surface area contributed by atoms with E-state index in [2.05, 4.69) is 52.5 Å². The van der Waals surface area contributed by atoms with Crippen molar-refractivity contribution in [2.24, 2.45) is 0 Å².